The number of carbonyl (C=O) groups is 1. The van der Waals surface area contributed by atoms with Gasteiger partial charge in [-0.2, -0.15) is 0 Å². The van der Waals surface area contributed by atoms with E-state index >= 15 is 0 Å². The number of carboxylic acid groups (broad SMARTS) is 1. The third-order valence-corrected chi connectivity index (χ3v) is 4.80. The predicted molar refractivity (Wildman–Crippen MR) is 112 cm³/mol. The molecule has 2 aromatic carbocycles. The quantitative estimate of drug-likeness (QED) is 0.558. The molecule has 0 heterocycles. The fraction of sp³-hybridized carbons (Fsp3) is 0.240. The third-order valence-electron chi connectivity index (χ3n) is 4.80. The first-order chi connectivity index (χ1) is 12.9. The van der Waals surface area contributed by atoms with E-state index in [1.165, 1.54) is 0 Å². The second kappa shape index (κ2) is 12.0. The molecule has 0 aromatic heterocycles. The van der Waals surface area contributed by atoms with E-state index in [4.69, 9.17) is 0 Å². The van der Waals surface area contributed by atoms with E-state index in [-0.39, 0.29) is 74.5 Å². The number of allylic oxidation sites excluding steroid dienone is 5. The summed E-state index contributed by atoms with van der Waals surface area (Å²) >= 11 is 0. The minimum Gasteiger partial charge on any atom is -0.545 e. The number of aromatic carboxylic acids is 1. The zero-order valence-corrected chi connectivity index (χ0v) is 23.9. The number of hydrogen-bond donors (Lipinski definition) is 0. The van der Waals surface area contributed by atoms with Crippen molar-refractivity contribution >= 4 is 11.5 Å². The van der Waals surface area contributed by atoms with Gasteiger partial charge in [-0.3, -0.25) is 0 Å². The topological polar surface area (TPSA) is 40.1 Å². The van der Waals surface area contributed by atoms with E-state index in [1.54, 1.807) is 19.1 Å². The van der Waals surface area contributed by atoms with Crippen LogP contribution in [0.25, 0.3) is 16.7 Å². The summed E-state index contributed by atoms with van der Waals surface area (Å²) in [5.41, 5.74) is 6.04. The molecule has 0 aliphatic rings. The Kier molecular flexibility index (Phi) is 10.8. The summed E-state index contributed by atoms with van der Waals surface area (Å²) in [4.78, 5) is 11.4. The molecule has 2 nitrogen and oxygen atoms in total. The van der Waals surface area contributed by atoms with Crippen LogP contribution in [-0.2, 0) is 0 Å². The van der Waals surface area contributed by atoms with Gasteiger partial charge in [0.25, 0.3) is 0 Å². The van der Waals surface area contributed by atoms with Gasteiger partial charge >= 0.3 is 68.9 Å². The third kappa shape index (κ3) is 6.61. The predicted octanol–water partition coefficient (Wildman–Crippen LogP) is 2.51. The van der Waals surface area contributed by atoms with Gasteiger partial charge in [-0.05, 0) is 53.7 Å². The summed E-state index contributed by atoms with van der Waals surface area (Å²) in [5.74, 6) is -0.669. The number of carbonyl (C=O) groups excluding carboxylic acids is 1. The standard InChI is InChI=1S/C25H28O2.Cs/c1-6-8-20(12-9-17(3)7-2)24-15-18(4)10-14-22(24)21-13-11-19(5)23(16-21)25(26)27;/h6,8-17H,1,7H2,2-5H3,(H,26,27);/q;+1/p-1/b12-9-,20-8+;. The van der Waals surface area contributed by atoms with Crippen LogP contribution in [0.2, 0.25) is 0 Å². The molecule has 2 rings (SSSR count). The van der Waals surface area contributed by atoms with Crippen LogP contribution in [0.3, 0.4) is 0 Å². The van der Waals surface area contributed by atoms with Crippen LogP contribution in [0.1, 0.15) is 47.3 Å². The van der Waals surface area contributed by atoms with E-state index in [2.05, 4.69) is 45.6 Å². The molecule has 140 valence electrons. The maximum atomic E-state index is 11.4. The average Bonchev–Trinajstić information content (AvgIpc) is 2.65. The van der Waals surface area contributed by atoms with E-state index in [0.717, 1.165) is 34.2 Å². The minimum absolute atomic E-state index is 0. The van der Waals surface area contributed by atoms with Crippen molar-refractivity contribution in [2.75, 3.05) is 0 Å². The first-order valence-electron chi connectivity index (χ1n) is 9.31. The average molecular weight is 492 g/mol. The van der Waals surface area contributed by atoms with Gasteiger partial charge in [0, 0.05) is 5.56 Å². The van der Waals surface area contributed by atoms with Crippen LogP contribution in [0.15, 0.2) is 67.3 Å². The molecule has 0 aliphatic carbocycles. The minimum atomic E-state index is -1.15. The summed E-state index contributed by atoms with van der Waals surface area (Å²) in [6, 6.07) is 11.7. The van der Waals surface area contributed by atoms with Crippen LogP contribution in [0.5, 0.6) is 0 Å². The zero-order valence-electron chi connectivity index (χ0n) is 17.6. The van der Waals surface area contributed by atoms with Crippen LogP contribution >= 0.6 is 0 Å². The van der Waals surface area contributed by atoms with E-state index in [9.17, 15) is 9.90 Å². The summed E-state index contributed by atoms with van der Waals surface area (Å²) in [5, 5.41) is 11.4. The fourth-order valence-electron chi connectivity index (χ4n) is 2.92. The van der Waals surface area contributed by atoms with Crippen molar-refractivity contribution in [2.45, 2.75) is 34.1 Å². The first kappa shape index (κ1) is 25.2. The Hall–Kier alpha value is -0.818. The molecule has 0 fully saturated rings. The Bertz CT molecular complexity index is 907. The van der Waals surface area contributed by atoms with E-state index in [1.807, 2.05) is 30.3 Å². The SMILES string of the molecule is C=C/C=C(\C=C/C(C)CC)c1cc(C)ccc1-c1ccc(C)c(C(=O)[O-])c1.[Cs+]. The van der Waals surface area contributed by atoms with E-state index < -0.39 is 5.97 Å². The number of carboxylic acids is 1. The van der Waals surface area contributed by atoms with Gasteiger partial charge in [-0.1, -0.05) is 87.0 Å². The van der Waals surface area contributed by atoms with Crippen LogP contribution in [0.4, 0.5) is 0 Å². The van der Waals surface area contributed by atoms with Gasteiger partial charge in [-0.15, -0.1) is 0 Å². The molecule has 3 heteroatoms. The van der Waals surface area contributed by atoms with Gasteiger partial charge in [0.2, 0.25) is 0 Å². The molecule has 0 radical (unpaired) electrons. The molecular formula is C25H27CsO2. The van der Waals surface area contributed by atoms with Crippen molar-refractivity contribution in [1.82, 2.24) is 0 Å². The van der Waals surface area contributed by atoms with Crippen molar-refractivity contribution in [3.05, 3.63) is 89.5 Å². The van der Waals surface area contributed by atoms with Gasteiger partial charge in [0.05, 0.1) is 5.97 Å². The summed E-state index contributed by atoms with van der Waals surface area (Å²) in [7, 11) is 0. The van der Waals surface area contributed by atoms with Crippen molar-refractivity contribution in [3.8, 4) is 11.1 Å². The molecule has 28 heavy (non-hydrogen) atoms. The monoisotopic (exact) mass is 492 g/mol. The molecule has 0 amide bonds. The van der Waals surface area contributed by atoms with Gasteiger partial charge in [-0.25, -0.2) is 0 Å². The Morgan fingerprint density at radius 3 is 2.46 bits per heavy atom. The molecular weight excluding hydrogens is 465 g/mol. The molecule has 0 aliphatic heterocycles. The maximum Gasteiger partial charge on any atom is 1.00 e. The Balaban J connectivity index is 0.00000392. The first-order valence-corrected chi connectivity index (χ1v) is 9.31. The normalized spacial score (nSPS) is 12.5. The maximum absolute atomic E-state index is 11.4. The van der Waals surface area contributed by atoms with Crippen molar-refractivity contribution in [2.24, 2.45) is 5.92 Å². The van der Waals surface area contributed by atoms with E-state index in [0.29, 0.717) is 11.5 Å². The molecule has 2 aromatic rings. The molecule has 0 bridgehead atoms. The molecule has 0 spiro atoms. The van der Waals surface area contributed by atoms with Crippen LogP contribution in [-0.4, -0.2) is 5.97 Å². The van der Waals surface area contributed by atoms with Crippen LogP contribution < -0.4 is 74.0 Å². The largest absolute Gasteiger partial charge is 1.00 e. The summed E-state index contributed by atoms with van der Waals surface area (Å²) < 4.78 is 0. The second-order valence-corrected chi connectivity index (χ2v) is 6.97. The Labute approximate surface area is 227 Å². The van der Waals surface area contributed by atoms with Gasteiger partial charge in [0.15, 0.2) is 0 Å². The summed E-state index contributed by atoms with van der Waals surface area (Å²) in [6.07, 6.45) is 9.17. The van der Waals surface area contributed by atoms with Crippen molar-refractivity contribution < 1.29 is 78.8 Å². The Morgan fingerprint density at radius 1 is 1.14 bits per heavy atom. The number of benzene rings is 2. The molecule has 1 unspecified atom stereocenters. The molecule has 1 atom stereocenters. The molecule has 0 N–H and O–H groups in total. The van der Waals surface area contributed by atoms with Gasteiger partial charge in [0.1, 0.15) is 0 Å². The fourth-order valence-corrected chi connectivity index (χ4v) is 2.92. The van der Waals surface area contributed by atoms with Gasteiger partial charge < -0.3 is 9.90 Å². The van der Waals surface area contributed by atoms with Crippen molar-refractivity contribution in [3.63, 3.8) is 0 Å². The zero-order chi connectivity index (χ0) is 20.0. The van der Waals surface area contributed by atoms with Crippen molar-refractivity contribution in [1.29, 1.82) is 0 Å². The molecule has 0 saturated carbocycles. The number of rotatable bonds is 7. The number of aryl methyl sites for hydroxylation is 2. The summed E-state index contributed by atoms with van der Waals surface area (Å²) in [6.45, 7) is 12.0. The van der Waals surface area contributed by atoms with Crippen LogP contribution in [0, 0.1) is 19.8 Å². The smallest absolute Gasteiger partial charge is 0.545 e. The number of hydrogen-bond acceptors (Lipinski definition) is 2. The Morgan fingerprint density at radius 2 is 1.86 bits per heavy atom. The second-order valence-electron chi connectivity index (χ2n) is 6.97. The molecule has 0 saturated heterocycles.